The Hall–Kier alpha value is -2.89. The van der Waals surface area contributed by atoms with Gasteiger partial charge in [0.1, 0.15) is 11.4 Å². The molecule has 1 unspecified atom stereocenters. The summed E-state index contributed by atoms with van der Waals surface area (Å²) in [6.45, 7) is 2.66. The second-order valence-electron chi connectivity index (χ2n) is 9.48. The van der Waals surface area contributed by atoms with Gasteiger partial charge in [-0.1, -0.05) is 31.4 Å². The average Bonchev–Trinajstić information content (AvgIpc) is 3.43. The van der Waals surface area contributed by atoms with Crippen LogP contribution in [-0.2, 0) is 16.0 Å². The van der Waals surface area contributed by atoms with Gasteiger partial charge in [-0.05, 0) is 61.9 Å². The molecule has 0 radical (unpaired) electrons. The third kappa shape index (κ3) is 3.55. The Morgan fingerprint density at radius 2 is 1.97 bits per heavy atom. The third-order valence-electron chi connectivity index (χ3n) is 7.46. The number of aryl methyl sites for hydroxylation is 1. The van der Waals surface area contributed by atoms with Crippen molar-refractivity contribution in [3.05, 3.63) is 53.3 Å². The van der Waals surface area contributed by atoms with Crippen molar-refractivity contribution >= 4 is 28.9 Å². The van der Waals surface area contributed by atoms with E-state index in [1.165, 1.54) is 12.5 Å². The summed E-state index contributed by atoms with van der Waals surface area (Å²) < 4.78 is 14.7. The van der Waals surface area contributed by atoms with Crippen molar-refractivity contribution in [1.82, 2.24) is 0 Å². The molecule has 6 heteroatoms. The fourth-order valence-corrected chi connectivity index (χ4v) is 5.71. The van der Waals surface area contributed by atoms with Crippen molar-refractivity contribution in [3.63, 3.8) is 0 Å². The first-order chi connectivity index (χ1) is 15.5. The summed E-state index contributed by atoms with van der Waals surface area (Å²) in [4.78, 5) is 27.8. The number of rotatable bonds is 4. The number of carbonyl (C=O) groups excluding carboxylic acids is 2. The molecule has 2 aromatic carbocycles. The lowest BCUT2D eigenvalue weighted by molar-refractivity contribution is -0.122. The van der Waals surface area contributed by atoms with Crippen LogP contribution in [0.15, 0.2) is 36.4 Å². The summed E-state index contributed by atoms with van der Waals surface area (Å²) in [5.41, 5.74) is 2.94. The molecule has 1 saturated carbocycles. The molecule has 2 amide bonds. The summed E-state index contributed by atoms with van der Waals surface area (Å²) in [6.07, 6.45) is 7.05. The van der Waals surface area contributed by atoms with Gasteiger partial charge in [-0.2, -0.15) is 0 Å². The SMILES string of the molecule is Cc1ccc(F)c2c1NC(C(=O)Nc1cccc(N3CCCC3=O)c1)(C1CCCCC1)C2. The Morgan fingerprint density at radius 3 is 2.69 bits per heavy atom. The molecule has 1 aliphatic carbocycles. The minimum absolute atomic E-state index is 0.117. The summed E-state index contributed by atoms with van der Waals surface area (Å²) in [5.74, 6) is -0.112. The van der Waals surface area contributed by atoms with Gasteiger partial charge in [0.2, 0.25) is 5.91 Å². The zero-order valence-electron chi connectivity index (χ0n) is 18.5. The van der Waals surface area contributed by atoms with Crippen LogP contribution in [-0.4, -0.2) is 23.9 Å². The molecule has 0 spiro atoms. The van der Waals surface area contributed by atoms with Crippen LogP contribution in [0.25, 0.3) is 0 Å². The maximum Gasteiger partial charge on any atom is 0.250 e. The van der Waals surface area contributed by atoms with E-state index in [0.717, 1.165) is 49.0 Å². The number of benzene rings is 2. The molecule has 2 aromatic rings. The van der Waals surface area contributed by atoms with Crippen LogP contribution >= 0.6 is 0 Å². The van der Waals surface area contributed by atoms with Crippen LogP contribution in [0.5, 0.6) is 0 Å². The Balaban J connectivity index is 1.46. The predicted molar refractivity (Wildman–Crippen MR) is 124 cm³/mol. The van der Waals surface area contributed by atoms with E-state index in [0.29, 0.717) is 30.6 Å². The Bertz CT molecular complexity index is 1030. The number of hydrogen-bond donors (Lipinski definition) is 2. The van der Waals surface area contributed by atoms with Crippen molar-refractivity contribution < 1.29 is 14.0 Å². The highest BCUT2D eigenvalue weighted by Crippen LogP contribution is 2.45. The van der Waals surface area contributed by atoms with Crippen molar-refractivity contribution in [2.24, 2.45) is 5.92 Å². The fraction of sp³-hybridized carbons (Fsp3) is 0.462. The standard InChI is InChI=1S/C26H30FN3O2/c1-17-12-13-22(27)21-16-26(29-24(17)21,18-7-3-2-4-8-18)25(32)28-19-9-5-10-20(15-19)30-14-6-11-23(30)31/h5,9-10,12-13,15,18,29H,2-4,6-8,11,14,16H2,1H3,(H,28,32). The van der Waals surface area contributed by atoms with Gasteiger partial charge in [0.25, 0.3) is 5.91 Å². The topological polar surface area (TPSA) is 61.4 Å². The molecular weight excluding hydrogens is 405 g/mol. The smallest absolute Gasteiger partial charge is 0.250 e. The van der Waals surface area contributed by atoms with Crippen molar-refractivity contribution in [2.75, 3.05) is 22.1 Å². The molecule has 168 valence electrons. The molecule has 5 rings (SSSR count). The van der Waals surface area contributed by atoms with Gasteiger partial charge in [0, 0.05) is 42.0 Å². The van der Waals surface area contributed by atoms with E-state index in [1.54, 1.807) is 11.0 Å². The first-order valence-electron chi connectivity index (χ1n) is 11.8. The molecule has 2 heterocycles. The third-order valence-corrected chi connectivity index (χ3v) is 7.46. The van der Waals surface area contributed by atoms with Crippen LogP contribution in [0, 0.1) is 18.7 Å². The number of carbonyl (C=O) groups is 2. The van der Waals surface area contributed by atoms with Gasteiger partial charge in [-0.25, -0.2) is 4.39 Å². The van der Waals surface area contributed by atoms with Crippen molar-refractivity contribution in [1.29, 1.82) is 0 Å². The molecule has 1 atom stereocenters. The zero-order chi connectivity index (χ0) is 22.3. The largest absolute Gasteiger partial charge is 0.370 e. The molecule has 2 aliphatic heterocycles. The Labute approximate surface area is 188 Å². The first kappa shape index (κ1) is 21.0. The molecule has 2 N–H and O–H groups in total. The molecule has 2 fully saturated rings. The van der Waals surface area contributed by atoms with E-state index in [2.05, 4.69) is 10.6 Å². The van der Waals surface area contributed by atoms with Gasteiger partial charge in [-0.15, -0.1) is 0 Å². The van der Waals surface area contributed by atoms with Gasteiger partial charge in [0.05, 0.1) is 0 Å². The number of halogens is 1. The quantitative estimate of drug-likeness (QED) is 0.695. The lowest BCUT2D eigenvalue weighted by Gasteiger charge is -2.39. The maximum absolute atomic E-state index is 14.7. The van der Waals surface area contributed by atoms with Crippen molar-refractivity contribution in [3.8, 4) is 0 Å². The second-order valence-corrected chi connectivity index (χ2v) is 9.48. The van der Waals surface area contributed by atoms with Crippen LogP contribution in [0.1, 0.15) is 56.1 Å². The van der Waals surface area contributed by atoms with E-state index in [4.69, 9.17) is 0 Å². The van der Waals surface area contributed by atoms with Crippen LogP contribution in [0.4, 0.5) is 21.5 Å². The monoisotopic (exact) mass is 435 g/mol. The summed E-state index contributed by atoms with van der Waals surface area (Å²) >= 11 is 0. The van der Waals surface area contributed by atoms with E-state index in [-0.39, 0.29) is 23.5 Å². The molecular formula is C26H30FN3O2. The van der Waals surface area contributed by atoms with E-state index >= 15 is 0 Å². The number of hydrogen-bond acceptors (Lipinski definition) is 3. The van der Waals surface area contributed by atoms with Gasteiger partial charge < -0.3 is 15.5 Å². The molecule has 32 heavy (non-hydrogen) atoms. The Kier molecular flexibility index (Phi) is 5.39. The van der Waals surface area contributed by atoms with E-state index in [1.807, 2.05) is 31.2 Å². The normalized spacial score (nSPS) is 23.2. The molecule has 3 aliphatic rings. The minimum atomic E-state index is -0.866. The molecule has 5 nitrogen and oxygen atoms in total. The maximum atomic E-state index is 14.7. The van der Waals surface area contributed by atoms with Crippen LogP contribution in [0.3, 0.4) is 0 Å². The number of anilines is 3. The van der Waals surface area contributed by atoms with Gasteiger partial charge in [-0.3, -0.25) is 9.59 Å². The molecule has 1 saturated heterocycles. The highest BCUT2D eigenvalue weighted by atomic mass is 19.1. The number of amides is 2. The molecule has 0 aromatic heterocycles. The fourth-order valence-electron chi connectivity index (χ4n) is 5.71. The average molecular weight is 436 g/mol. The minimum Gasteiger partial charge on any atom is -0.370 e. The Morgan fingerprint density at radius 1 is 1.16 bits per heavy atom. The number of fused-ring (bicyclic) bond motifs is 1. The predicted octanol–water partition coefficient (Wildman–Crippen LogP) is 5.19. The summed E-state index contributed by atoms with van der Waals surface area (Å²) in [6, 6.07) is 10.8. The number of nitrogens with zero attached hydrogens (tertiary/aromatic N) is 1. The van der Waals surface area contributed by atoms with Crippen LogP contribution in [0.2, 0.25) is 0 Å². The summed E-state index contributed by atoms with van der Waals surface area (Å²) in [7, 11) is 0. The lowest BCUT2D eigenvalue weighted by atomic mass is 9.72. The number of nitrogens with one attached hydrogen (secondary N) is 2. The van der Waals surface area contributed by atoms with E-state index < -0.39 is 5.54 Å². The lowest BCUT2D eigenvalue weighted by Crippen LogP contribution is -2.55. The molecule has 0 bridgehead atoms. The van der Waals surface area contributed by atoms with Gasteiger partial charge >= 0.3 is 0 Å². The second kappa shape index (κ2) is 8.23. The van der Waals surface area contributed by atoms with Crippen molar-refractivity contribution in [2.45, 2.75) is 63.8 Å². The van der Waals surface area contributed by atoms with Gasteiger partial charge in [0.15, 0.2) is 0 Å². The highest BCUT2D eigenvalue weighted by molar-refractivity contribution is 6.03. The summed E-state index contributed by atoms with van der Waals surface area (Å²) in [5, 5.41) is 6.62. The zero-order valence-corrected chi connectivity index (χ0v) is 18.5. The highest BCUT2D eigenvalue weighted by Gasteiger charge is 2.50. The first-order valence-corrected chi connectivity index (χ1v) is 11.8. The van der Waals surface area contributed by atoms with Crippen LogP contribution < -0.4 is 15.5 Å². The van der Waals surface area contributed by atoms with E-state index in [9.17, 15) is 14.0 Å².